The van der Waals surface area contributed by atoms with Crippen LogP contribution in [0.2, 0.25) is 0 Å². The number of halogens is 1. The van der Waals surface area contributed by atoms with Gasteiger partial charge in [-0.05, 0) is 49.2 Å². The van der Waals surface area contributed by atoms with E-state index in [1.54, 1.807) is 30.3 Å². The van der Waals surface area contributed by atoms with Crippen LogP contribution in [0.4, 0.5) is 4.39 Å². The molecule has 0 radical (unpaired) electrons. The van der Waals surface area contributed by atoms with E-state index >= 15 is 0 Å². The number of carbonyl (C=O) groups excluding carboxylic acids is 1. The first kappa shape index (κ1) is 26.2. The van der Waals surface area contributed by atoms with Crippen LogP contribution >= 0.6 is 0 Å². The fraction of sp³-hybridized carbons (Fsp3) is 0.304. The van der Waals surface area contributed by atoms with Gasteiger partial charge in [-0.1, -0.05) is 31.0 Å². The molecular formula is C23H28FN3O5S. The molecular weight excluding hydrogens is 449 g/mol. The molecule has 3 aromatic rings. The van der Waals surface area contributed by atoms with Gasteiger partial charge in [-0.2, -0.15) is 8.42 Å². The summed E-state index contributed by atoms with van der Waals surface area (Å²) in [6.45, 7) is 4.10. The second-order valence-electron chi connectivity index (χ2n) is 7.34. The molecule has 0 atom stereocenters. The molecule has 0 unspecified atom stereocenters. The number of rotatable bonds is 8. The molecule has 4 N–H and O–H groups in total. The first-order chi connectivity index (χ1) is 15.7. The van der Waals surface area contributed by atoms with Crippen molar-refractivity contribution in [3.63, 3.8) is 0 Å². The Morgan fingerprint density at radius 2 is 1.94 bits per heavy atom. The summed E-state index contributed by atoms with van der Waals surface area (Å²) in [6.07, 6.45) is 3.28. The van der Waals surface area contributed by atoms with E-state index in [-0.39, 0.29) is 23.9 Å². The predicted octanol–water partition coefficient (Wildman–Crippen LogP) is 3.95. The molecule has 0 saturated heterocycles. The van der Waals surface area contributed by atoms with Crippen molar-refractivity contribution in [3.05, 3.63) is 71.4 Å². The van der Waals surface area contributed by atoms with Gasteiger partial charge < -0.3 is 15.5 Å². The third kappa shape index (κ3) is 8.08. The number of carbonyl (C=O) groups is 1. The molecule has 2 aromatic carbocycles. The normalized spacial score (nSPS) is 11.7. The van der Waals surface area contributed by atoms with Gasteiger partial charge in [0.25, 0.3) is 16.0 Å². The first-order valence-corrected chi connectivity index (χ1v) is 11.8. The van der Waals surface area contributed by atoms with E-state index in [1.165, 1.54) is 12.1 Å². The molecule has 178 valence electrons. The largest absolute Gasteiger partial charge is 0.441 e. The van der Waals surface area contributed by atoms with E-state index in [1.807, 2.05) is 6.92 Å². The molecule has 33 heavy (non-hydrogen) atoms. The highest BCUT2D eigenvalue weighted by molar-refractivity contribution is 7.85. The number of nitrogens with one attached hydrogen (secondary N) is 1. The molecule has 0 aliphatic carbocycles. The molecule has 1 aromatic heterocycles. The van der Waals surface area contributed by atoms with Gasteiger partial charge in [-0.3, -0.25) is 9.35 Å². The van der Waals surface area contributed by atoms with Crippen molar-refractivity contribution in [1.82, 2.24) is 10.3 Å². The fourth-order valence-corrected chi connectivity index (χ4v) is 3.19. The molecule has 0 fully saturated rings. The molecule has 3 rings (SSSR count). The average molecular weight is 478 g/mol. The van der Waals surface area contributed by atoms with E-state index in [4.69, 9.17) is 14.7 Å². The number of fused-ring (bicyclic) bond motifs is 1. The van der Waals surface area contributed by atoms with Crippen molar-refractivity contribution < 1.29 is 26.6 Å². The van der Waals surface area contributed by atoms with Crippen LogP contribution in [0.5, 0.6) is 0 Å². The van der Waals surface area contributed by atoms with E-state index in [9.17, 15) is 17.6 Å². The fourth-order valence-electron chi connectivity index (χ4n) is 2.71. The SMILES string of the molecule is CCCCc1nc2ccc(C(=O)NCC(=CF)CN)cc2o1.Cc1ccc(S(=O)(=O)O)cc1. The van der Waals surface area contributed by atoms with Crippen molar-refractivity contribution in [1.29, 1.82) is 0 Å². The molecule has 0 spiro atoms. The lowest BCUT2D eigenvalue weighted by atomic mass is 10.2. The zero-order valence-electron chi connectivity index (χ0n) is 18.5. The number of unbranched alkanes of at least 4 members (excludes halogenated alkanes) is 1. The lowest BCUT2D eigenvalue weighted by Gasteiger charge is -2.05. The Labute approximate surface area is 192 Å². The number of oxazole rings is 1. The summed E-state index contributed by atoms with van der Waals surface area (Å²) in [4.78, 5) is 16.4. The Kier molecular flexibility index (Phi) is 9.71. The van der Waals surface area contributed by atoms with Crippen LogP contribution in [0.15, 0.2) is 63.7 Å². The number of benzene rings is 2. The van der Waals surface area contributed by atoms with Gasteiger partial charge in [0.1, 0.15) is 5.52 Å². The Bertz CT molecular complexity index is 1200. The van der Waals surface area contributed by atoms with Crippen molar-refractivity contribution in [2.45, 2.75) is 38.0 Å². The Morgan fingerprint density at radius 3 is 2.52 bits per heavy atom. The van der Waals surface area contributed by atoms with Gasteiger partial charge in [0.05, 0.1) is 11.2 Å². The Morgan fingerprint density at radius 1 is 1.24 bits per heavy atom. The van der Waals surface area contributed by atoms with Crippen molar-refractivity contribution in [2.75, 3.05) is 13.1 Å². The van der Waals surface area contributed by atoms with Gasteiger partial charge in [0.2, 0.25) is 0 Å². The Hall–Kier alpha value is -3.08. The van der Waals surface area contributed by atoms with E-state index in [0.29, 0.717) is 28.9 Å². The van der Waals surface area contributed by atoms with Crippen LogP contribution in [0.3, 0.4) is 0 Å². The summed E-state index contributed by atoms with van der Waals surface area (Å²) in [5.41, 5.74) is 8.39. The van der Waals surface area contributed by atoms with Crippen LogP contribution < -0.4 is 11.1 Å². The minimum atomic E-state index is -4.02. The first-order valence-electron chi connectivity index (χ1n) is 10.4. The summed E-state index contributed by atoms with van der Waals surface area (Å²) in [5, 5.41) is 2.62. The number of amides is 1. The third-order valence-electron chi connectivity index (χ3n) is 4.65. The van der Waals surface area contributed by atoms with Gasteiger partial charge in [-0.15, -0.1) is 0 Å². The van der Waals surface area contributed by atoms with E-state index in [0.717, 1.165) is 30.3 Å². The summed E-state index contributed by atoms with van der Waals surface area (Å²) in [5.74, 6) is 0.376. The minimum Gasteiger partial charge on any atom is -0.441 e. The van der Waals surface area contributed by atoms with Gasteiger partial charge >= 0.3 is 0 Å². The van der Waals surface area contributed by atoms with Crippen LogP contribution in [0.25, 0.3) is 11.1 Å². The molecule has 1 heterocycles. The van der Waals surface area contributed by atoms with Crippen molar-refractivity contribution in [2.24, 2.45) is 5.73 Å². The summed E-state index contributed by atoms with van der Waals surface area (Å²) >= 11 is 0. The number of nitrogens with zero attached hydrogens (tertiary/aromatic N) is 1. The molecule has 10 heteroatoms. The maximum atomic E-state index is 12.4. The topological polar surface area (TPSA) is 136 Å². The zero-order valence-corrected chi connectivity index (χ0v) is 19.4. The molecule has 8 nitrogen and oxygen atoms in total. The van der Waals surface area contributed by atoms with Gasteiger partial charge in [0, 0.05) is 25.1 Å². The second-order valence-corrected chi connectivity index (χ2v) is 8.76. The lowest BCUT2D eigenvalue weighted by Crippen LogP contribution is -2.27. The monoisotopic (exact) mass is 477 g/mol. The maximum absolute atomic E-state index is 12.4. The highest BCUT2D eigenvalue weighted by Gasteiger charge is 2.11. The number of aryl methyl sites for hydroxylation is 2. The number of hydrogen-bond acceptors (Lipinski definition) is 6. The van der Waals surface area contributed by atoms with E-state index < -0.39 is 10.1 Å². The van der Waals surface area contributed by atoms with E-state index in [2.05, 4.69) is 17.2 Å². The molecule has 0 saturated carbocycles. The molecule has 0 aliphatic heterocycles. The van der Waals surface area contributed by atoms with Crippen LogP contribution in [0, 0.1) is 6.92 Å². The second kappa shape index (κ2) is 12.2. The van der Waals surface area contributed by atoms with Gasteiger partial charge in [-0.25, -0.2) is 9.37 Å². The molecule has 1 amide bonds. The zero-order chi connectivity index (χ0) is 24.4. The highest BCUT2D eigenvalue weighted by Crippen LogP contribution is 2.18. The molecule has 0 bridgehead atoms. The lowest BCUT2D eigenvalue weighted by molar-refractivity contribution is 0.0957. The molecule has 0 aliphatic rings. The van der Waals surface area contributed by atoms with Crippen molar-refractivity contribution >= 4 is 27.1 Å². The average Bonchev–Trinajstić information content (AvgIpc) is 3.20. The van der Waals surface area contributed by atoms with Crippen LogP contribution in [-0.2, 0) is 16.5 Å². The predicted molar refractivity (Wildman–Crippen MR) is 124 cm³/mol. The maximum Gasteiger partial charge on any atom is 0.294 e. The summed E-state index contributed by atoms with van der Waals surface area (Å²) in [7, 11) is -4.02. The minimum absolute atomic E-state index is 0.0666. The third-order valence-corrected chi connectivity index (χ3v) is 5.52. The standard InChI is InChI=1S/C16H20FN3O2.C7H8O3S/c1-2-3-4-15-20-13-6-5-12(7-14(13)22-15)16(21)19-10-11(8-17)9-18;1-6-2-4-7(5-3-6)11(8,9)10/h5-8H,2-4,9-10,18H2,1H3,(H,19,21);2-5H,1H3,(H,8,9,10). The number of hydrogen-bond donors (Lipinski definition) is 3. The van der Waals surface area contributed by atoms with Gasteiger partial charge in [0.15, 0.2) is 11.5 Å². The van der Waals surface area contributed by atoms with Crippen LogP contribution in [-0.4, -0.2) is 37.0 Å². The number of aromatic nitrogens is 1. The highest BCUT2D eigenvalue weighted by atomic mass is 32.2. The smallest absolute Gasteiger partial charge is 0.294 e. The Balaban J connectivity index is 0.000000294. The number of nitrogens with two attached hydrogens (primary N) is 1. The summed E-state index contributed by atoms with van der Waals surface area (Å²) < 4.78 is 47.6. The summed E-state index contributed by atoms with van der Waals surface area (Å²) in [6, 6.07) is 11.1. The van der Waals surface area contributed by atoms with Crippen molar-refractivity contribution in [3.8, 4) is 0 Å². The quantitative estimate of drug-likeness (QED) is 0.418. The van der Waals surface area contributed by atoms with Crippen LogP contribution in [0.1, 0.15) is 41.6 Å².